The number of hydrogen-bond acceptors (Lipinski definition) is 6. The Hall–Kier alpha value is -2.64. The Morgan fingerprint density at radius 1 is 1.07 bits per heavy atom. The lowest BCUT2D eigenvalue weighted by atomic mass is 9.89. The lowest BCUT2D eigenvalue weighted by Crippen LogP contribution is -2.37. The molecule has 0 radical (unpaired) electrons. The molecule has 2 aliphatic rings. The van der Waals surface area contributed by atoms with Crippen LogP contribution in [0.15, 0.2) is 24.3 Å². The maximum atomic E-state index is 11.4. The molecular weight excluding hydrogens is 384 g/mol. The minimum absolute atomic E-state index is 0.424. The monoisotopic (exact) mass is 408 g/mol. The van der Waals surface area contributed by atoms with E-state index < -0.39 is 5.91 Å². The number of fused-ring (bicyclic) bond motifs is 3. The molecule has 2 aromatic heterocycles. The van der Waals surface area contributed by atoms with Gasteiger partial charge in [0, 0.05) is 24.0 Å². The van der Waals surface area contributed by atoms with E-state index in [0.717, 1.165) is 71.3 Å². The van der Waals surface area contributed by atoms with E-state index in [-0.39, 0.29) is 0 Å². The van der Waals surface area contributed by atoms with Crippen molar-refractivity contribution in [2.75, 3.05) is 36.9 Å². The highest BCUT2D eigenvalue weighted by atomic mass is 32.1. The van der Waals surface area contributed by atoms with E-state index in [2.05, 4.69) is 4.90 Å². The molecule has 1 aromatic carbocycles. The standard InChI is InChI=1S/C22H24N4O2S/c23-18-17-15-3-1-2-4-16(15)21(26-9-11-28-12-10-26)25-22(17)29-19(18)13-5-7-14(8-6-13)20(24)27/h5-8H,1-4,9-12,23H2,(H2,24,27). The molecule has 4 N–H and O–H groups in total. The van der Waals surface area contributed by atoms with Gasteiger partial charge >= 0.3 is 0 Å². The number of nitrogen functional groups attached to an aromatic ring is 1. The zero-order valence-electron chi connectivity index (χ0n) is 16.2. The van der Waals surface area contributed by atoms with Crippen molar-refractivity contribution in [3.8, 4) is 10.4 Å². The number of aromatic nitrogens is 1. The molecule has 29 heavy (non-hydrogen) atoms. The number of rotatable bonds is 3. The van der Waals surface area contributed by atoms with Gasteiger partial charge in [-0.05, 0) is 54.5 Å². The van der Waals surface area contributed by atoms with Crippen molar-refractivity contribution in [3.05, 3.63) is 41.0 Å². The first-order chi connectivity index (χ1) is 14.1. The first kappa shape index (κ1) is 18.4. The number of morpholine rings is 1. The van der Waals surface area contributed by atoms with Gasteiger partial charge in [-0.3, -0.25) is 4.79 Å². The van der Waals surface area contributed by atoms with E-state index in [4.69, 9.17) is 21.2 Å². The Morgan fingerprint density at radius 3 is 2.45 bits per heavy atom. The van der Waals surface area contributed by atoms with Gasteiger partial charge in [0.25, 0.3) is 0 Å². The van der Waals surface area contributed by atoms with Crippen LogP contribution < -0.4 is 16.4 Å². The summed E-state index contributed by atoms with van der Waals surface area (Å²) >= 11 is 1.63. The summed E-state index contributed by atoms with van der Waals surface area (Å²) in [6.45, 7) is 3.26. The Balaban J connectivity index is 1.66. The van der Waals surface area contributed by atoms with Gasteiger partial charge in [-0.15, -0.1) is 11.3 Å². The van der Waals surface area contributed by atoms with Crippen molar-refractivity contribution >= 4 is 39.0 Å². The summed E-state index contributed by atoms with van der Waals surface area (Å²) in [7, 11) is 0. The molecule has 150 valence electrons. The fraction of sp³-hybridized carbons (Fsp3) is 0.364. The Bertz CT molecular complexity index is 1080. The number of pyridine rings is 1. The number of ether oxygens (including phenoxy) is 1. The van der Waals surface area contributed by atoms with Crippen LogP contribution in [0.1, 0.15) is 34.3 Å². The van der Waals surface area contributed by atoms with Gasteiger partial charge in [-0.1, -0.05) is 12.1 Å². The van der Waals surface area contributed by atoms with Crippen molar-refractivity contribution in [2.24, 2.45) is 5.73 Å². The fourth-order valence-electron chi connectivity index (χ4n) is 4.43. The summed E-state index contributed by atoms with van der Waals surface area (Å²) in [6, 6.07) is 7.33. The molecule has 0 spiro atoms. The highest BCUT2D eigenvalue weighted by molar-refractivity contribution is 7.22. The van der Waals surface area contributed by atoms with Gasteiger partial charge in [0.1, 0.15) is 10.6 Å². The molecule has 3 heterocycles. The van der Waals surface area contributed by atoms with Gasteiger partial charge in [0.05, 0.1) is 23.8 Å². The summed E-state index contributed by atoms with van der Waals surface area (Å²) in [5.74, 6) is 0.694. The molecule has 7 heteroatoms. The molecule has 0 saturated carbocycles. The minimum atomic E-state index is -0.424. The first-order valence-electron chi connectivity index (χ1n) is 10.1. The van der Waals surface area contributed by atoms with Gasteiger partial charge in [-0.25, -0.2) is 4.98 Å². The number of carbonyl (C=O) groups is 1. The van der Waals surface area contributed by atoms with Gasteiger partial charge < -0.3 is 21.1 Å². The third-order valence-electron chi connectivity index (χ3n) is 5.92. The molecule has 0 atom stereocenters. The third-order valence-corrected chi connectivity index (χ3v) is 7.06. The Kier molecular flexibility index (Phi) is 4.64. The number of hydrogen-bond donors (Lipinski definition) is 2. The van der Waals surface area contributed by atoms with E-state index in [1.807, 2.05) is 12.1 Å². The van der Waals surface area contributed by atoms with E-state index in [9.17, 15) is 4.79 Å². The van der Waals surface area contributed by atoms with Crippen molar-refractivity contribution in [1.29, 1.82) is 0 Å². The number of carbonyl (C=O) groups excluding carboxylic acids is 1. The van der Waals surface area contributed by atoms with Crippen LogP contribution in [0, 0.1) is 0 Å². The quantitative estimate of drug-likeness (QED) is 0.693. The van der Waals surface area contributed by atoms with Gasteiger partial charge in [0.2, 0.25) is 5.91 Å². The summed E-state index contributed by atoms with van der Waals surface area (Å²) in [6.07, 6.45) is 4.49. The summed E-state index contributed by atoms with van der Waals surface area (Å²) in [4.78, 5) is 20.9. The second-order valence-corrected chi connectivity index (χ2v) is 8.66. The highest BCUT2D eigenvalue weighted by Gasteiger charge is 2.26. The smallest absolute Gasteiger partial charge is 0.248 e. The average Bonchev–Trinajstić information content (AvgIpc) is 3.10. The molecule has 3 aromatic rings. The number of aryl methyl sites for hydroxylation is 1. The summed E-state index contributed by atoms with van der Waals surface area (Å²) < 4.78 is 5.54. The van der Waals surface area contributed by atoms with Crippen LogP contribution >= 0.6 is 11.3 Å². The number of thiophene rings is 1. The maximum Gasteiger partial charge on any atom is 0.248 e. The Morgan fingerprint density at radius 2 is 1.76 bits per heavy atom. The van der Waals surface area contributed by atoms with Crippen molar-refractivity contribution < 1.29 is 9.53 Å². The number of anilines is 2. The maximum absolute atomic E-state index is 11.4. The molecule has 1 aliphatic carbocycles. The van der Waals surface area contributed by atoms with E-state index in [1.54, 1.807) is 23.5 Å². The zero-order chi connectivity index (χ0) is 20.0. The van der Waals surface area contributed by atoms with E-state index >= 15 is 0 Å². The van der Waals surface area contributed by atoms with Crippen molar-refractivity contribution in [1.82, 2.24) is 4.98 Å². The highest BCUT2D eigenvalue weighted by Crippen LogP contribution is 2.45. The SMILES string of the molecule is NC(=O)c1ccc(-c2sc3nc(N4CCOCC4)c4c(c3c2N)CCCC4)cc1. The van der Waals surface area contributed by atoms with Crippen LogP contribution in [0.4, 0.5) is 11.5 Å². The molecule has 6 nitrogen and oxygen atoms in total. The molecule has 5 rings (SSSR count). The molecule has 0 bridgehead atoms. The lowest BCUT2D eigenvalue weighted by molar-refractivity contribution is 0.100. The summed E-state index contributed by atoms with van der Waals surface area (Å²) in [5, 5.41) is 1.12. The topological polar surface area (TPSA) is 94.5 Å². The second-order valence-electron chi connectivity index (χ2n) is 7.67. The van der Waals surface area contributed by atoms with Crippen LogP contribution in [0.25, 0.3) is 20.7 Å². The largest absolute Gasteiger partial charge is 0.397 e. The second kappa shape index (κ2) is 7.31. The predicted molar refractivity (Wildman–Crippen MR) is 118 cm³/mol. The zero-order valence-corrected chi connectivity index (χ0v) is 17.1. The van der Waals surface area contributed by atoms with Crippen molar-refractivity contribution in [3.63, 3.8) is 0 Å². The number of amides is 1. The molecule has 1 fully saturated rings. The van der Waals surface area contributed by atoms with Gasteiger partial charge in [-0.2, -0.15) is 0 Å². The van der Waals surface area contributed by atoms with Crippen LogP contribution in [0.5, 0.6) is 0 Å². The first-order valence-corrected chi connectivity index (χ1v) is 10.9. The number of benzene rings is 1. The van der Waals surface area contributed by atoms with Crippen molar-refractivity contribution in [2.45, 2.75) is 25.7 Å². The van der Waals surface area contributed by atoms with Crippen LogP contribution in [0.3, 0.4) is 0 Å². The fourth-order valence-corrected chi connectivity index (χ4v) is 5.56. The number of nitrogens with two attached hydrogens (primary N) is 2. The molecule has 1 amide bonds. The predicted octanol–water partition coefficient (Wildman–Crippen LogP) is 3.36. The minimum Gasteiger partial charge on any atom is -0.397 e. The Labute approximate surface area is 173 Å². The van der Waals surface area contributed by atoms with E-state index in [1.165, 1.54) is 24.0 Å². The van der Waals surface area contributed by atoms with Crippen LogP contribution in [-0.2, 0) is 17.6 Å². The van der Waals surface area contributed by atoms with Gasteiger partial charge in [0.15, 0.2) is 0 Å². The summed E-state index contributed by atoms with van der Waals surface area (Å²) in [5.41, 5.74) is 17.1. The number of primary amides is 1. The normalized spacial score (nSPS) is 16.8. The molecule has 0 unspecified atom stereocenters. The van der Waals surface area contributed by atoms with E-state index in [0.29, 0.717) is 5.56 Å². The van der Waals surface area contributed by atoms with Crippen LogP contribution in [-0.4, -0.2) is 37.2 Å². The average molecular weight is 409 g/mol. The third kappa shape index (κ3) is 3.14. The number of nitrogens with zero attached hydrogens (tertiary/aromatic N) is 2. The van der Waals surface area contributed by atoms with Crippen LogP contribution in [0.2, 0.25) is 0 Å². The lowest BCUT2D eigenvalue weighted by Gasteiger charge is -2.31. The molecular formula is C22H24N4O2S. The molecule has 1 saturated heterocycles. The molecule has 1 aliphatic heterocycles.